The van der Waals surface area contributed by atoms with Gasteiger partial charge in [0.2, 0.25) is 0 Å². The molecule has 0 N–H and O–H groups in total. The SMILES string of the molecule is ClC1C=CC=CC1(Cl)Br. The van der Waals surface area contributed by atoms with Gasteiger partial charge in [0.15, 0.2) is 0 Å². The molecular formula is C6H5BrCl2. The van der Waals surface area contributed by atoms with Crippen molar-refractivity contribution in [2.45, 2.75) is 9.16 Å². The molecule has 0 aromatic rings. The van der Waals surface area contributed by atoms with Crippen LogP contribution in [0.1, 0.15) is 0 Å². The third kappa shape index (κ3) is 1.73. The zero-order valence-corrected chi connectivity index (χ0v) is 7.62. The highest BCUT2D eigenvalue weighted by molar-refractivity contribution is 9.10. The van der Waals surface area contributed by atoms with Gasteiger partial charge in [-0.15, -0.1) is 23.2 Å². The van der Waals surface area contributed by atoms with Gasteiger partial charge in [0.05, 0.1) is 5.38 Å². The van der Waals surface area contributed by atoms with Crippen molar-refractivity contribution in [3.05, 3.63) is 24.3 Å². The topological polar surface area (TPSA) is 0 Å². The van der Waals surface area contributed by atoms with E-state index in [0.29, 0.717) is 0 Å². The van der Waals surface area contributed by atoms with Crippen LogP contribution >= 0.6 is 39.1 Å². The number of hydrogen-bond donors (Lipinski definition) is 0. The van der Waals surface area contributed by atoms with Crippen molar-refractivity contribution in [1.82, 2.24) is 0 Å². The van der Waals surface area contributed by atoms with E-state index in [1.165, 1.54) is 0 Å². The Hall–Kier alpha value is 0.540. The minimum Gasteiger partial charge on any atom is -0.115 e. The second-order valence-electron chi connectivity index (χ2n) is 1.82. The largest absolute Gasteiger partial charge is 0.137 e. The molecule has 0 saturated heterocycles. The van der Waals surface area contributed by atoms with Gasteiger partial charge < -0.3 is 0 Å². The molecule has 1 aliphatic rings. The van der Waals surface area contributed by atoms with Crippen LogP contribution in [0.3, 0.4) is 0 Å². The summed E-state index contributed by atoms with van der Waals surface area (Å²) in [6.45, 7) is 0. The molecule has 0 saturated carbocycles. The van der Waals surface area contributed by atoms with Gasteiger partial charge in [-0.1, -0.05) is 40.2 Å². The van der Waals surface area contributed by atoms with Crippen LogP contribution in [0, 0.1) is 0 Å². The molecule has 0 aliphatic heterocycles. The number of hydrogen-bond acceptors (Lipinski definition) is 0. The Labute approximate surface area is 72.7 Å². The van der Waals surface area contributed by atoms with Gasteiger partial charge >= 0.3 is 0 Å². The van der Waals surface area contributed by atoms with Crippen molar-refractivity contribution in [2.75, 3.05) is 0 Å². The first-order valence-corrected chi connectivity index (χ1v) is 4.11. The summed E-state index contributed by atoms with van der Waals surface area (Å²) in [4.78, 5) is 0. The first-order valence-electron chi connectivity index (χ1n) is 2.51. The summed E-state index contributed by atoms with van der Waals surface area (Å²) in [5.41, 5.74) is 0. The van der Waals surface area contributed by atoms with Gasteiger partial charge in [-0.25, -0.2) is 0 Å². The lowest BCUT2D eigenvalue weighted by atomic mass is 10.2. The maximum Gasteiger partial charge on any atom is 0.137 e. The minimum atomic E-state index is -0.580. The number of rotatable bonds is 0. The summed E-state index contributed by atoms with van der Waals surface area (Å²) >= 11 is 14.9. The normalized spacial score (nSPS) is 41.4. The molecule has 0 spiro atoms. The van der Waals surface area contributed by atoms with Crippen LogP contribution < -0.4 is 0 Å². The Bertz CT molecular complexity index is 160. The fraction of sp³-hybridized carbons (Fsp3) is 0.333. The highest BCUT2D eigenvalue weighted by Crippen LogP contribution is 2.35. The highest BCUT2D eigenvalue weighted by atomic mass is 79.9. The second-order valence-corrected chi connectivity index (χ2v) is 4.68. The molecule has 1 rings (SSSR count). The Balaban J connectivity index is 2.78. The molecule has 9 heavy (non-hydrogen) atoms. The van der Waals surface area contributed by atoms with Gasteiger partial charge in [0.25, 0.3) is 0 Å². The Morgan fingerprint density at radius 3 is 2.44 bits per heavy atom. The fourth-order valence-electron chi connectivity index (χ4n) is 0.566. The Kier molecular flexibility index (Phi) is 2.25. The zero-order chi connectivity index (χ0) is 6.91. The molecule has 0 fully saturated rings. The molecule has 2 atom stereocenters. The second kappa shape index (κ2) is 2.65. The first kappa shape index (κ1) is 7.64. The van der Waals surface area contributed by atoms with Crippen LogP contribution in [0.2, 0.25) is 0 Å². The van der Waals surface area contributed by atoms with E-state index in [0.717, 1.165) is 0 Å². The van der Waals surface area contributed by atoms with Gasteiger partial charge in [-0.2, -0.15) is 0 Å². The lowest BCUT2D eigenvalue weighted by Crippen LogP contribution is -2.22. The van der Waals surface area contributed by atoms with Crippen molar-refractivity contribution < 1.29 is 0 Å². The average Bonchev–Trinajstić information content (AvgIpc) is 1.77. The van der Waals surface area contributed by atoms with Crippen molar-refractivity contribution >= 4 is 39.1 Å². The maximum atomic E-state index is 5.87. The van der Waals surface area contributed by atoms with Crippen molar-refractivity contribution in [3.63, 3.8) is 0 Å². The third-order valence-electron chi connectivity index (χ3n) is 1.08. The van der Waals surface area contributed by atoms with E-state index in [4.69, 9.17) is 23.2 Å². The molecule has 2 unspecified atom stereocenters. The van der Waals surface area contributed by atoms with Crippen molar-refractivity contribution in [3.8, 4) is 0 Å². The van der Waals surface area contributed by atoms with E-state index in [2.05, 4.69) is 15.9 Å². The van der Waals surface area contributed by atoms with Gasteiger partial charge in [0.1, 0.15) is 3.78 Å². The fourth-order valence-corrected chi connectivity index (χ4v) is 1.17. The molecule has 0 radical (unpaired) electrons. The van der Waals surface area contributed by atoms with Gasteiger partial charge in [-0.3, -0.25) is 0 Å². The molecule has 1 aliphatic carbocycles. The van der Waals surface area contributed by atoms with Gasteiger partial charge in [0, 0.05) is 0 Å². The van der Waals surface area contributed by atoms with E-state index in [-0.39, 0.29) is 5.38 Å². The van der Waals surface area contributed by atoms with Crippen LogP contribution in [0.4, 0.5) is 0 Å². The lowest BCUT2D eigenvalue weighted by molar-refractivity contribution is 1.00. The zero-order valence-electron chi connectivity index (χ0n) is 4.52. The maximum absolute atomic E-state index is 5.87. The molecule has 0 aromatic carbocycles. The van der Waals surface area contributed by atoms with E-state index in [9.17, 15) is 0 Å². The number of alkyl halides is 3. The smallest absolute Gasteiger partial charge is 0.115 e. The highest BCUT2D eigenvalue weighted by Gasteiger charge is 2.28. The van der Waals surface area contributed by atoms with Crippen molar-refractivity contribution in [2.24, 2.45) is 0 Å². The van der Waals surface area contributed by atoms with E-state index >= 15 is 0 Å². The average molecular weight is 228 g/mol. The van der Waals surface area contributed by atoms with Crippen molar-refractivity contribution in [1.29, 1.82) is 0 Å². The van der Waals surface area contributed by atoms with Crippen LogP contribution in [-0.2, 0) is 0 Å². The monoisotopic (exact) mass is 226 g/mol. The van der Waals surface area contributed by atoms with E-state index in [1.54, 1.807) is 0 Å². The summed E-state index contributed by atoms with van der Waals surface area (Å²) in [5.74, 6) is 0. The lowest BCUT2D eigenvalue weighted by Gasteiger charge is -2.20. The van der Waals surface area contributed by atoms with E-state index in [1.807, 2.05) is 24.3 Å². The van der Waals surface area contributed by atoms with Crippen LogP contribution in [0.15, 0.2) is 24.3 Å². The molecule has 0 aromatic heterocycles. The summed E-state index contributed by atoms with van der Waals surface area (Å²) in [6, 6.07) is 0. The molecule has 50 valence electrons. The predicted molar refractivity (Wildman–Crippen MR) is 45.4 cm³/mol. The molecule has 3 heteroatoms. The molecule has 0 nitrogen and oxygen atoms in total. The molecule has 0 heterocycles. The summed E-state index contributed by atoms with van der Waals surface area (Å²) in [6.07, 6.45) is 7.38. The molecule has 0 bridgehead atoms. The Morgan fingerprint density at radius 1 is 1.44 bits per heavy atom. The summed E-state index contributed by atoms with van der Waals surface area (Å²) in [5, 5.41) is -0.163. The standard InChI is InChI=1S/C6H5BrCl2/c7-6(9)4-2-1-3-5(6)8/h1-5H. The van der Waals surface area contributed by atoms with Crippen LogP contribution in [-0.4, -0.2) is 9.16 Å². The number of halogens is 3. The van der Waals surface area contributed by atoms with E-state index < -0.39 is 3.78 Å². The summed E-state index contributed by atoms with van der Waals surface area (Å²) < 4.78 is -0.580. The quantitative estimate of drug-likeness (QED) is 0.559. The predicted octanol–water partition coefficient (Wildman–Crippen LogP) is 3.05. The Morgan fingerprint density at radius 2 is 2.11 bits per heavy atom. The third-order valence-corrected chi connectivity index (χ3v) is 3.06. The number of allylic oxidation sites excluding steroid dienone is 4. The first-order chi connectivity index (χ1) is 4.13. The molecular weight excluding hydrogens is 223 g/mol. The van der Waals surface area contributed by atoms with Crippen LogP contribution in [0.5, 0.6) is 0 Å². The minimum absolute atomic E-state index is 0.163. The molecule has 0 amide bonds. The summed E-state index contributed by atoms with van der Waals surface area (Å²) in [7, 11) is 0. The van der Waals surface area contributed by atoms with Gasteiger partial charge in [-0.05, 0) is 0 Å². The van der Waals surface area contributed by atoms with Crippen LogP contribution in [0.25, 0.3) is 0 Å².